The molecule has 8 heteroatoms. The molecule has 2 atom stereocenters. The van der Waals surface area contributed by atoms with Gasteiger partial charge >= 0.3 is 6.09 Å². The van der Waals surface area contributed by atoms with E-state index in [1.807, 2.05) is 13.8 Å². The summed E-state index contributed by atoms with van der Waals surface area (Å²) in [5.41, 5.74) is 0.687. The number of rotatable bonds is 6. The van der Waals surface area contributed by atoms with Gasteiger partial charge in [-0.05, 0) is 44.9 Å². The molecular formula is C18H24FN3O3S. The van der Waals surface area contributed by atoms with Crippen LogP contribution in [-0.2, 0) is 9.53 Å². The zero-order chi connectivity index (χ0) is 19.4. The molecule has 2 amide bonds. The molecule has 6 nitrogen and oxygen atoms in total. The largest absolute Gasteiger partial charge is 0.447 e. The van der Waals surface area contributed by atoms with Crippen molar-refractivity contribution >= 4 is 33.6 Å². The highest BCUT2D eigenvalue weighted by Gasteiger charge is 2.27. The minimum absolute atomic E-state index is 0.119. The smallest absolute Gasteiger partial charge is 0.408 e. The maximum absolute atomic E-state index is 13.3. The van der Waals surface area contributed by atoms with Crippen LogP contribution in [0.25, 0.3) is 10.2 Å². The van der Waals surface area contributed by atoms with Crippen LogP contribution in [0.2, 0.25) is 0 Å². The number of hydrogen-bond donors (Lipinski definition) is 2. The summed E-state index contributed by atoms with van der Waals surface area (Å²) >= 11 is 1.33. The number of nitrogens with zero attached hydrogens (tertiary/aromatic N) is 1. The fraction of sp³-hybridized carbons (Fsp3) is 0.500. The lowest BCUT2D eigenvalue weighted by Gasteiger charge is -2.23. The Labute approximate surface area is 156 Å². The first-order valence-corrected chi connectivity index (χ1v) is 9.32. The Morgan fingerprint density at radius 1 is 1.15 bits per heavy atom. The van der Waals surface area contributed by atoms with E-state index in [1.54, 1.807) is 26.8 Å². The summed E-state index contributed by atoms with van der Waals surface area (Å²) < 4.78 is 19.1. The van der Waals surface area contributed by atoms with Gasteiger partial charge < -0.3 is 15.4 Å². The van der Waals surface area contributed by atoms with Gasteiger partial charge in [0.2, 0.25) is 5.91 Å². The van der Waals surface area contributed by atoms with Crippen molar-refractivity contribution < 1.29 is 18.7 Å². The highest BCUT2D eigenvalue weighted by Crippen LogP contribution is 2.27. The summed E-state index contributed by atoms with van der Waals surface area (Å²) in [5, 5.41) is 6.13. The van der Waals surface area contributed by atoms with E-state index in [0.29, 0.717) is 10.5 Å². The highest BCUT2D eigenvalue weighted by molar-refractivity contribution is 7.18. The molecule has 26 heavy (non-hydrogen) atoms. The molecule has 2 unspecified atom stereocenters. The van der Waals surface area contributed by atoms with E-state index in [-0.39, 0.29) is 29.8 Å². The predicted molar refractivity (Wildman–Crippen MR) is 99.5 cm³/mol. The Morgan fingerprint density at radius 2 is 1.85 bits per heavy atom. The molecule has 2 rings (SSSR count). The van der Waals surface area contributed by atoms with Gasteiger partial charge in [0.15, 0.2) is 0 Å². The van der Waals surface area contributed by atoms with Gasteiger partial charge in [0.05, 0.1) is 22.4 Å². The summed E-state index contributed by atoms with van der Waals surface area (Å²) in [5.74, 6) is -0.762. The summed E-state index contributed by atoms with van der Waals surface area (Å²) in [6.45, 7) is 8.95. The summed E-state index contributed by atoms with van der Waals surface area (Å²) in [7, 11) is 0. The van der Waals surface area contributed by atoms with Gasteiger partial charge in [-0.15, -0.1) is 11.3 Å². The number of amides is 2. The van der Waals surface area contributed by atoms with Crippen LogP contribution < -0.4 is 10.6 Å². The molecule has 0 aliphatic heterocycles. The fourth-order valence-corrected chi connectivity index (χ4v) is 3.37. The van der Waals surface area contributed by atoms with Crippen LogP contribution in [0, 0.1) is 11.7 Å². The third-order valence-corrected chi connectivity index (χ3v) is 4.86. The second kappa shape index (κ2) is 8.44. The van der Waals surface area contributed by atoms with E-state index < -0.39 is 12.1 Å². The minimum atomic E-state index is -0.726. The van der Waals surface area contributed by atoms with Gasteiger partial charge in [-0.3, -0.25) is 4.79 Å². The van der Waals surface area contributed by atoms with E-state index in [1.165, 1.54) is 23.5 Å². The summed E-state index contributed by atoms with van der Waals surface area (Å²) in [6, 6.07) is 3.29. The topological polar surface area (TPSA) is 80.3 Å². The molecule has 0 bridgehead atoms. The van der Waals surface area contributed by atoms with Gasteiger partial charge in [0, 0.05) is 0 Å². The Bertz CT molecular complexity index is 791. The van der Waals surface area contributed by atoms with Crippen molar-refractivity contribution in [3.63, 3.8) is 0 Å². The van der Waals surface area contributed by atoms with Crippen molar-refractivity contribution in [2.45, 2.75) is 52.8 Å². The van der Waals surface area contributed by atoms with E-state index in [9.17, 15) is 14.0 Å². The van der Waals surface area contributed by atoms with Crippen LogP contribution in [0.4, 0.5) is 9.18 Å². The van der Waals surface area contributed by atoms with Crippen LogP contribution in [0.5, 0.6) is 0 Å². The number of fused-ring (bicyclic) bond motifs is 1. The van der Waals surface area contributed by atoms with E-state index >= 15 is 0 Å². The average Bonchev–Trinajstić information content (AvgIpc) is 2.94. The van der Waals surface area contributed by atoms with Crippen molar-refractivity contribution in [1.82, 2.24) is 15.6 Å². The minimum Gasteiger partial charge on any atom is -0.447 e. The van der Waals surface area contributed by atoms with Crippen molar-refractivity contribution in [3.8, 4) is 0 Å². The first kappa shape index (κ1) is 20.1. The molecule has 142 valence electrons. The molecule has 0 radical (unpaired) electrons. The maximum atomic E-state index is 13.3. The van der Waals surface area contributed by atoms with E-state index in [4.69, 9.17) is 4.74 Å². The number of carbonyl (C=O) groups excluding carboxylic acids is 2. The molecule has 1 aromatic heterocycles. The average molecular weight is 381 g/mol. The van der Waals surface area contributed by atoms with Crippen molar-refractivity contribution in [2.75, 3.05) is 0 Å². The zero-order valence-corrected chi connectivity index (χ0v) is 16.3. The quantitative estimate of drug-likeness (QED) is 0.798. The molecule has 0 spiro atoms. The number of hydrogen-bond acceptors (Lipinski definition) is 5. The number of carbonyl (C=O) groups is 2. The van der Waals surface area contributed by atoms with Gasteiger partial charge in [0.25, 0.3) is 0 Å². The van der Waals surface area contributed by atoms with Crippen molar-refractivity contribution in [1.29, 1.82) is 0 Å². The number of ether oxygens (including phenoxy) is 1. The molecule has 0 aliphatic rings. The molecule has 0 fully saturated rings. The molecule has 2 aromatic rings. The van der Waals surface area contributed by atoms with Crippen LogP contribution in [0.3, 0.4) is 0 Å². The Kier molecular flexibility index (Phi) is 6.52. The standard InChI is InChI=1S/C18H24FN3O3S/c1-9(2)15(22-18(24)25-10(3)4)16(23)20-11(5)17-21-13-7-6-12(19)8-14(13)26-17/h6-11,15H,1-5H3,(H,20,23)(H,22,24). The molecular weight excluding hydrogens is 357 g/mol. The number of aromatic nitrogens is 1. The third kappa shape index (κ3) is 5.14. The number of thiazole rings is 1. The molecule has 0 saturated heterocycles. The number of alkyl carbamates (subject to hydrolysis) is 1. The number of halogens is 1. The Balaban J connectivity index is 2.07. The van der Waals surface area contributed by atoms with Crippen LogP contribution >= 0.6 is 11.3 Å². The van der Waals surface area contributed by atoms with Gasteiger partial charge in [-0.1, -0.05) is 13.8 Å². The van der Waals surface area contributed by atoms with Crippen LogP contribution in [0.1, 0.15) is 45.7 Å². The fourth-order valence-electron chi connectivity index (χ4n) is 2.38. The highest BCUT2D eigenvalue weighted by atomic mass is 32.1. The number of benzene rings is 1. The van der Waals surface area contributed by atoms with Gasteiger partial charge in [0.1, 0.15) is 16.9 Å². The van der Waals surface area contributed by atoms with E-state index in [0.717, 1.165) is 4.70 Å². The molecule has 0 aliphatic carbocycles. The monoisotopic (exact) mass is 381 g/mol. The summed E-state index contributed by atoms with van der Waals surface area (Å²) in [4.78, 5) is 28.8. The zero-order valence-electron chi connectivity index (χ0n) is 15.5. The predicted octanol–water partition coefficient (Wildman–Crippen LogP) is 3.77. The first-order valence-electron chi connectivity index (χ1n) is 8.51. The molecule has 2 N–H and O–H groups in total. The van der Waals surface area contributed by atoms with E-state index in [2.05, 4.69) is 15.6 Å². The lowest BCUT2D eigenvalue weighted by molar-refractivity contribution is -0.124. The van der Waals surface area contributed by atoms with Crippen molar-refractivity contribution in [2.24, 2.45) is 5.92 Å². The Hall–Kier alpha value is -2.22. The lowest BCUT2D eigenvalue weighted by atomic mass is 10.0. The normalized spacial score (nSPS) is 13.7. The number of nitrogens with one attached hydrogen (secondary N) is 2. The first-order chi connectivity index (χ1) is 12.2. The third-order valence-electron chi connectivity index (χ3n) is 3.66. The van der Waals surface area contributed by atoms with Crippen LogP contribution in [0.15, 0.2) is 18.2 Å². The second-order valence-corrected chi connectivity index (χ2v) is 7.78. The Morgan fingerprint density at radius 3 is 2.46 bits per heavy atom. The SMILES string of the molecule is CC(C)OC(=O)NC(C(=O)NC(C)c1nc2ccc(F)cc2s1)C(C)C. The molecule has 1 heterocycles. The van der Waals surface area contributed by atoms with Gasteiger partial charge in [-0.25, -0.2) is 14.2 Å². The second-order valence-electron chi connectivity index (χ2n) is 6.71. The molecule has 0 saturated carbocycles. The van der Waals surface area contributed by atoms with Gasteiger partial charge in [-0.2, -0.15) is 0 Å². The summed E-state index contributed by atoms with van der Waals surface area (Å²) in [6.07, 6.45) is -0.898. The maximum Gasteiger partial charge on any atom is 0.408 e. The van der Waals surface area contributed by atoms with Crippen molar-refractivity contribution in [3.05, 3.63) is 29.0 Å². The molecule has 1 aromatic carbocycles. The van der Waals surface area contributed by atoms with Crippen LogP contribution in [-0.4, -0.2) is 29.1 Å². The lowest BCUT2D eigenvalue weighted by Crippen LogP contribution is -2.50.